The number of benzene rings is 1. The Balaban J connectivity index is 1.97. The summed E-state index contributed by atoms with van der Waals surface area (Å²) in [5.74, 6) is 1.26. The molecule has 1 aliphatic rings. The van der Waals surface area contributed by atoms with Gasteiger partial charge in [-0.15, -0.1) is 0 Å². The average molecular weight is 295 g/mol. The van der Waals surface area contributed by atoms with Crippen LogP contribution in [-0.2, 0) is 11.3 Å². The van der Waals surface area contributed by atoms with Crippen molar-refractivity contribution in [1.29, 1.82) is 0 Å². The number of rotatable bonds is 6. The number of amidine groups is 1. The Kier molecular flexibility index (Phi) is 4.81. The summed E-state index contributed by atoms with van der Waals surface area (Å²) in [5.41, 5.74) is 3.54. The SMILES string of the molecule is COCc1ccccc1C(CC1=NCCN1)c1ccccn1. The lowest BCUT2D eigenvalue weighted by atomic mass is 9.88. The largest absolute Gasteiger partial charge is 0.380 e. The third kappa shape index (κ3) is 3.34. The van der Waals surface area contributed by atoms with E-state index in [4.69, 9.17) is 4.74 Å². The number of hydrogen-bond acceptors (Lipinski definition) is 4. The lowest BCUT2D eigenvalue weighted by molar-refractivity contribution is 0.184. The maximum absolute atomic E-state index is 5.36. The molecule has 0 radical (unpaired) electrons. The third-order valence-corrected chi connectivity index (χ3v) is 3.92. The van der Waals surface area contributed by atoms with Gasteiger partial charge in [0.2, 0.25) is 0 Å². The van der Waals surface area contributed by atoms with Gasteiger partial charge in [0, 0.05) is 37.9 Å². The van der Waals surface area contributed by atoms with Crippen molar-refractivity contribution in [3.63, 3.8) is 0 Å². The first-order valence-corrected chi connectivity index (χ1v) is 7.63. The van der Waals surface area contributed by atoms with Crippen LogP contribution in [0.5, 0.6) is 0 Å². The fourth-order valence-corrected chi connectivity index (χ4v) is 2.89. The minimum absolute atomic E-state index is 0.192. The number of hydrogen-bond donors (Lipinski definition) is 1. The van der Waals surface area contributed by atoms with Gasteiger partial charge in [-0.05, 0) is 23.3 Å². The van der Waals surface area contributed by atoms with E-state index < -0.39 is 0 Å². The van der Waals surface area contributed by atoms with Crippen molar-refractivity contribution < 1.29 is 4.74 Å². The zero-order chi connectivity index (χ0) is 15.2. The zero-order valence-corrected chi connectivity index (χ0v) is 12.8. The molecule has 0 saturated heterocycles. The molecule has 0 spiro atoms. The summed E-state index contributed by atoms with van der Waals surface area (Å²) < 4.78 is 5.36. The molecule has 3 rings (SSSR count). The number of aromatic nitrogens is 1. The number of methoxy groups -OCH3 is 1. The predicted octanol–water partition coefficient (Wildman–Crippen LogP) is 2.75. The molecule has 0 amide bonds. The Morgan fingerprint density at radius 1 is 1.18 bits per heavy atom. The van der Waals surface area contributed by atoms with E-state index >= 15 is 0 Å². The van der Waals surface area contributed by atoms with E-state index in [9.17, 15) is 0 Å². The second kappa shape index (κ2) is 7.18. The summed E-state index contributed by atoms with van der Waals surface area (Å²) in [6.45, 7) is 2.41. The van der Waals surface area contributed by atoms with Crippen LogP contribution in [0.1, 0.15) is 29.2 Å². The molecule has 2 heterocycles. The molecule has 1 unspecified atom stereocenters. The molecule has 4 nitrogen and oxygen atoms in total. The number of pyridine rings is 1. The van der Waals surface area contributed by atoms with E-state index in [2.05, 4.69) is 45.6 Å². The molecule has 114 valence electrons. The summed E-state index contributed by atoms with van der Waals surface area (Å²) in [6.07, 6.45) is 2.70. The van der Waals surface area contributed by atoms with E-state index in [-0.39, 0.29) is 5.92 Å². The summed E-state index contributed by atoms with van der Waals surface area (Å²) >= 11 is 0. The topological polar surface area (TPSA) is 46.5 Å². The highest BCUT2D eigenvalue weighted by atomic mass is 16.5. The molecule has 0 aliphatic carbocycles. The van der Waals surface area contributed by atoms with E-state index in [1.54, 1.807) is 7.11 Å². The van der Waals surface area contributed by atoms with Gasteiger partial charge in [0.05, 0.1) is 19.0 Å². The highest BCUT2D eigenvalue weighted by Crippen LogP contribution is 2.30. The van der Waals surface area contributed by atoms with Crippen LogP contribution in [0.3, 0.4) is 0 Å². The molecule has 1 aromatic carbocycles. The summed E-state index contributed by atoms with van der Waals surface area (Å²) in [5, 5.41) is 3.37. The van der Waals surface area contributed by atoms with Crippen LogP contribution in [0.4, 0.5) is 0 Å². The quantitative estimate of drug-likeness (QED) is 0.891. The molecule has 0 bridgehead atoms. The molecular formula is C18H21N3O. The lowest BCUT2D eigenvalue weighted by Gasteiger charge is -2.20. The summed E-state index contributed by atoms with van der Waals surface area (Å²) in [4.78, 5) is 9.12. The zero-order valence-electron chi connectivity index (χ0n) is 12.8. The van der Waals surface area contributed by atoms with Gasteiger partial charge in [0.15, 0.2) is 0 Å². The highest BCUT2D eigenvalue weighted by molar-refractivity contribution is 5.84. The Morgan fingerprint density at radius 3 is 2.77 bits per heavy atom. The molecule has 0 fully saturated rings. The molecule has 2 aromatic rings. The van der Waals surface area contributed by atoms with Gasteiger partial charge in [-0.3, -0.25) is 9.98 Å². The van der Waals surface area contributed by atoms with Crippen molar-refractivity contribution in [1.82, 2.24) is 10.3 Å². The van der Waals surface area contributed by atoms with E-state index in [1.807, 2.05) is 18.3 Å². The second-order valence-corrected chi connectivity index (χ2v) is 5.40. The number of ether oxygens (including phenoxy) is 1. The summed E-state index contributed by atoms with van der Waals surface area (Å²) in [7, 11) is 1.73. The molecular weight excluding hydrogens is 274 g/mol. The minimum Gasteiger partial charge on any atom is -0.380 e. The maximum Gasteiger partial charge on any atom is 0.0974 e. The lowest BCUT2D eigenvalue weighted by Crippen LogP contribution is -2.22. The van der Waals surface area contributed by atoms with Gasteiger partial charge in [0.25, 0.3) is 0 Å². The monoisotopic (exact) mass is 295 g/mol. The minimum atomic E-state index is 0.192. The number of nitrogens with one attached hydrogen (secondary N) is 1. The first-order valence-electron chi connectivity index (χ1n) is 7.63. The molecule has 1 atom stereocenters. The third-order valence-electron chi connectivity index (χ3n) is 3.92. The van der Waals surface area contributed by atoms with E-state index in [0.29, 0.717) is 6.61 Å². The Morgan fingerprint density at radius 2 is 2.05 bits per heavy atom. The Labute approximate surface area is 131 Å². The fourth-order valence-electron chi connectivity index (χ4n) is 2.89. The van der Waals surface area contributed by atoms with Crippen molar-refractivity contribution in [2.75, 3.05) is 20.2 Å². The van der Waals surface area contributed by atoms with Crippen molar-refractivity contribution in [2.24, 2.45) is 4.99 Å². The van der Waals surface area contributed by atoms with E-state index in [0.717, 1.165) is 31.0 Å². The van der Waals surface area contributed by atoms with Crippen molar-refractivity contribution in [2.45, 2.75) is 18.9 Å². The van der Waals surface area contributed by atoms with Crippen LogP contribution in [0.25, 0.3) is 0 Å². The van der Waals surface area contributed by atoms with Crippen molar-refractivity contribution in [3.8, 4) is 0 Å². The molecule has 0 saturated carbocycles. The van der Waals surface area contributed by atoms with Crippen LogP contribution < -0.4 is 5.32 Å². The Bertz CT molecular complexity index is 640. The van der Waals surface area contributed by atoms with Crippen LogP contribution >= 0.6 is 0 Å². The molecule has 22 heavy (non-hydrogen) atoms. The molecule has 1 aliphatic heterocycles. The van der Waals surface area contributed by atoms with Gasteiger partial charge in [-0.2, -0.15) is 0 Å². The highest BCUT2D eigenvalue weighted by Gasteiger charge is 2.21. The van der Waals surface area contributed by atoms with Crippen molar-refractivity contribution in [3.05, 3.63) is 65.5 Å². The standard InChI is InChI=1S/C18H21N3O/c1-22-13-14-6-2-3-7-15(14)16(12-18-20-10-11-21-18)17-8-4-5-9-19-17/h2-9,16H,10-13H2,1H3,(H,20,21). The summed E-state index contributed by atoms with van der Waals surface area (Å²) in [6, 6.07) is 14.5. The molecule has 4 heteroatoms. The van der Waals surface area contributed by atoms with Crippen LogP contribution in [0, 0.1) is 0 Å². The van der Waals surface area contributed by atoms with Gasteiger partial charge in [0.1, 0.15) is 0 Å². The fraction of sp³-hybridized carbons (Fsp3) is 0.333. The molecule has 1 N–H and O–H groups in total. The van der Waals surface area contributed by atoms with E-state index in [1.165, 1.54) is 11.1 Å². The first-order chi connectivity index (χ1) is 10.9. The van der Waals surface area contributed by atoms with Gasteiger partial charge < -0.3 is 10.1 Å². The van der Waals surface area contributed by atoms with Gasteiger partial charge in [-0.25, -0.2) is 0 Å². The van der Waals surface area contributed by atoms with Gasteiger partial charge in [-0.1, -0.05) is 30.3 Å². The predicted molar refractivity (Wildman–Crippen MR) is 88.2 cm³/mol. The number of nitrogens with zero attached hydrogens (tertiary/aromatic N) is 2. The normalized spacial score (nSPS) is 15.2. The Hall–Kier alpha value is -2.20. The molecule has 1 aromatic heterocycles. The van der Waals surface area contributed by atoms with Crippen LogP contribution in [0.15, 0.2) is 53.7 Å². The number of aliphatic imine (C=N–C) groups is 1. The van der Waals surface area contributed by atoms with Crippen LogP contribution in [0.2, 0.25) is 0 Å². The first kappa shape index (κ1) is 14.7. The smallest absolute Gasteiger partial charge is 0.0974 e. The van der Waals surface area contributed by atoms with Gasteiger partial charge >= 0.3 is 0 Å². The second-order valence-electron chi connectivity index (χ2n) is 5.40. The average Bonchev–Trinajstić information content (AvgIpc) is 3.08. The van der Waals surface area contributed by atoms with Crippen LogP contribution in [-0.4, -0.2) is 31.0 Å². The van der Waals surface area contributed by atoms with Crippen molar-refractivity contribution >= 4 is 5.84 Å². The maximum atomic E-state index is 5.36.